The van der Waals surface area contributed by atoms with Gasteiger partial charge in [-0.2, -0.15) is 0 Å². The molecule has 1 aliphatic rings. The van der Waals surface area contributed by atoms with E-state index in [4.69, 9.17) is 4.74 Å². The highest BCUT2D eigenvalue weighted by atomic mass is 16.5. The summed E-state index contributed by atoms with van der Waals surface area (Å²) in [5.41, 5.74) is 1.80. The minimum absolute atomic E-state index is 0.114. The molecule has 1 aromatic carbocycles. The monoisotopic (exact) mass is 306 g/mol. The van der Waals surface area contributed by atoms with Gasteiger partial charge in [0.1, 0.15) is 5.75 Å². The van der Waals surface area contributed by atoms with E-state index in [1.807, 2.05) is 18.2 Å². The number of aliphatic hydroxyl groups is 1. The number of hydrogen-bond donors (Lipinski definition) is 3. The molecule has 3 N–H and O–H groups in total. The van der Waals surface area contributed by atoms with Gasteiger partial charge in [-0.05, 0) is 50.3 Å². The van der Waals surface area contributed by atoms with Gasteiger partial charge in [-0.25, -0.2) is 0 Å². The predicted octanol–water partition coefficient (Wildman–Crippen LogP) is 2.61. The van der Waals surface area contributed by atoms with Crippen molar-refractivity contribution in [1.82, 2.24) is 5.32 Å². The number of rotatable bonds is 5. The van der Waals surface area contributed by atoms with Crippen LogP contribution in [0.15, 0.2) is 18.2 Å². The van der Waals surface area contributed by atoms with Crippen LogP contribution in [-0.4, -0.2) is 30.3 Å². The summed E-state index contributed by atoms with van der Waals surface area (Å²) >= 11 is 0. The molecule has 0 bridgehead atoms. The molecule has 0 spiro atoms. The van der Waals surface area contributed by atoms with Crippen molar-refractivity contribution in [3.63, 3.8) is 0 Å². The third-order valence-electron chi connectivity index (χ3n) is 4.22. The molecule has 1 aliphatic carbocycles. The Morgan fingerprint density at radius 2 is 2.00 bits per heavy atom. The number of benzene rings is 1. The molecule has 1 unspecified atom stereocenters. The first kappa shape index (κ1) is 16.8. The molecule has 0 aliphatic heterocycles. The van der Waals surface area contributed by atoms with E-state index in [9.17, 15) is 9.90 Å². The van der Waals surface area contributed by atoms with Gasteiger partial charge in [0, 0.05) is 19.0 Å². The number of carbonyl (C=O) groups is 1. The summed E-state index contributed by atoms with van der Waals surface area (Å²) < 4.78 is 5.28. The number of ether oxygens (including phenoxy) is 1. The van der Waals surface area contributed by atoms with Crippen LogP contribution in [0.1, 0.15) is 51.1 Å². The second kappa shape index (κ2) is 7.61. The van der Waals surface area contributed by atoms with E-state index in [-0.39, 0.29) is 18.1 Å². The largest absolute Gasteiger partial charge is 0.495 e. The lowest BCUT2D eigenvalue weighted by Crippen LogP contribution is -2.36. The maximum Gasteiger partial charge on any atom is 0.221 e. The number of methoxy groups -OCH3 is 1. The number of carbonyl (C=O) groups excluding carboxylic acids is 1. The Morgan fingerprint density at radius 1 is 1.32 bits per heavy atom. The fraction of sp³-hybridized carbons (Fsp3) is 0.588. The summed E-state index contributed by atoms with van der Waals surface area (Å²) in [4.78, 5) is 11.3. The maximum atomic E-state index is 11.3. The summed E-state index contributed by atoms with van der Waals surface area (Å²) in [6.45, 7) is 3.60. The van der Waals surface area contributed by atoms with E-state index >= 15 is 0 Å². The molecule has 1 fully saturated rings. The Morgan fingerprint density at radius 3 is 2.59 bits per heavy atom. The molecule has 1 aromatic rings. The van der Waals surface area contributed by atoms with Crippen LogP contribution >= 0.6 is 0 Å². The van der Waals surface area contributed by atoms with Crippen molar-refractivity contribution in [2.75, 3.05) is 12.4 Å². The smallest absolute Gasteiger partial charge is 0.221 e. The van der Waals surface area contributed by atoms with Crippen LogP contribution in [0.5, 0.6) is 5.75 Å². The zero-order valence-electron chi connectivity index (χ0n) is 13.6. The molecule has 2 rings (SSSR count). The third-order valence-corrected chi connectivity index (χ3v) is 4.22. The molecule has 0 radical (unpaired) electrons. The van der Waals surface area contributed by atoms with Crippen LogP contribution in [0.2, 0.25) is 0 Å². The van der Waals surface area contributed by atoms with Gasteiger partial charge < -0.3 is 20.5 Å². The van der Waals surface area contributed by atoms with Crippen molar-refractivity contribution in [3.8, 4) is 5.75 Å². The summed E-state index contributed by atoms with van der Waals surface area (Å²) in [6.07, 6.45) is 3.59. The maximum absolute atomic E-state index is 11.3. The summed E-state index contributed by atoms with van der Waals surface area (Å²) in [5, 5.41) is 16.0. The van der Waals surface area contributed by atoms with Gasteiger partial charge in [-0.15, -0.1) is 0 Å². The molecule has 0 heterocycles. The molecule has 22 heavy (non-hydrogen) atoms. The van der Waals surface area contributed by atoms with Crippen LogP contribution < -0.4 is 15.4 Å². The van der Waals surface area contributed by atoms with Crippen molar-refractivity contribution >= 4 is 11.6 Å². The van der Waals surface area contributed by atoms with E-state index in [0.29, 0.717) is 17.5 Å². The van der Waals surface area contributed by atoms with Crippen LogP contribution in [-0.2, 0) is 4.79 Å². The molecular weight excluding hydrogens is 280 g/mol. The highest BCUT2D eigenvalue weighted by Gasteiger charge is 2.21. The highest BCUT2D eigenvalue weighted by molar-refractivity contribution is 5.90. The summed E-state index contributed by atoms with van der Waals surface area (Å²) in [6, 6.07) is 6.46. The van der Waals surface area contributed by atoms with Crippen LogP contribution in [0.4, 0.5) is 5.69 Å². The highest BCUT2D eigenvalue weighted by Crippen LogP contribution is 2.29. The SMILES string of the molecule is COc1ccc(C(C)NC2CCC(O)CC2)cc1NC(C)=O. The Hall–Kier alpha value is -1.59. The second-order valence-electron chi connectivity index (χ2n) is 6.03. The molecule has 0 saturated heterocycles. The fourth-order valence-electron chi connectivity index (χ4n) is 2.97. The van der Waals surface area contributed by atoms with Gasteiger partial charge in [-0.3, -0.25) is 4.79 Å². The predicted molar refractivity (Wildman–Crippen MR) is 87.1 cm³/mol. The van der Waals surface area contributed by atoms with Crippen molar-refractivity contribution in [3.05, 3.63) is 23.8 Å². The number of anilines is 1. The quantitative estimate of drug-likeness (QED) is 0.782. The zero-order chi connectivity index (χ0) is 16.1. The first-order valence-corrected chi connectivity index (χ1v) is 7.89. The molecule has 1 saturated carbocycles. The molecule has 5 heteroatoms. The number of nitrogens with one attached hydrogen (secondary N) is 2. The Labute approximate surface area is 132 Å². The molecule has 1 amide bonds. The van der Waals surface area contributed by atoms with Crippen LogP contribution in [0.25, 0.3) is 0 Å². The second-order valence-corrected chi connectivity index (χ2v) is 6.03. The average molecular weight is 306 g/mol. The number of aliphatic hydroxyl groups excluding tert-OH is 1. The van der Waals surface area contributed by atoms with Gasteiger partial charge in [0.05, 0.1) is 18.9 Å². The molecule has 5 nitrogen and oxygen atoms in total. The number of hydrogen-bond acceptors (Lipinski definition) is 4. The van der Waals surface area contributed by atoms with E-state index in [1.165, 1.54) is 6.92 Å². The lowest BCUT2D eigenvalue weighted by molar-refractivity contribution is -0.114. The van der Waals surface area contributed by atoms with E-state index in [2.05, 4.69) is 17.6 Å². The van der Waals surface area contributed by atoms with Gasteiger partial charge in [0.2, 0.25) is 5.91 Å². The average Bonchev–Trinajstić information content (AvgIpc) is 2.49. The van der Waals surface area contributed by atoms with E-state index in [0.717, 1.165) is 31.2 Å². The van der Waals surface area contributed by atoms with Crippen molar-refractivity contribution < 1.29 is 14.6 Å². The molecular formula is C17H26N2O3. The lowest BCUT2D eigenvalue weighted by atomic mass is 9.92. The molecule has 1 atom stereocenters. The normalized spacial score (nSPS) is 22.9. The summed E-state index contributed by atoms with van der Waals surface area (Å²) in [5.74, 6) is 0.546. The Balaban J connectivity index is 2.05. The lowest BCUT2D eigenvalue weighted by Gasteiger charge is -2.29. The molecule has 122 valence electrons. The standard InChI is InChI=1S/C17H26N2O3/c1-11(18-14-5-7-15(21)8-6-14)13-4-9-17(22-3)16(10-13)19-12(2)20/h4,9-11,14-15,18,21H,5-8H2,1-3H3,(H,19,20). The third kappa shape index (κ3) is 4.45. The van der Waals surface area contributed by atoms with E-state index in [1.54, 1.807) is 7.11 Å². The van der Waals surface area contributed by atoms with Gasteiger partial charge in [0.15, 0.2) is 0 Å². The Bertz CT molecular complexity index is 511. The number of amides is 1. The van der Waals surface area contributed by atoms with Gasteiger partial charge in [-0.1, -0.05) is 6.07 Å². The first-order chi connectivity index (χ1) is 10.5. The van der Waals surface area contributed by atoms with E-state index < -0.39 is 0 Å². The van der Waals surface area contributed by atoms with Crippen molar-refractivity contribution in [2.24, 2.45) is 0 Å². The summed E-state index contributed by atoms with van der Waals surface area (Å²) in [7, 11) is 1.59. The zero-order valence-corrected chi connectivity index (χ0v) is 13.6. The fourth-order valence-corrected chi connectivity index (χ4v) is 2.97. The Kier molecular flexibility index (Phi) is 5.80. The van der Waals surface area contributed by atoms with Crippen molar-refractivity contribution in [1.29, 1.82) is 0 Å². The van der Waals surface area contributed by atoms with Crippen molar-refractivity contribution in [2.45, 2.75) is 57.7 Å². The van der Waals surface area contributed by atoms with Crippen LogP contribution in [0, 0.1) is 0 Å². The molecule has 0 aromatic heterocycles. The minimum Gasteiger partial charge on any atom is -0.495 e. The van der Waals surface area contributed by atoms with Gasteiger partial charge in [0.25, 0.3) is 0 Å². The first-order valence-electron chi connectivity index (χ1n) is 7.89. The minimum atomic E-state index is -0.138. The van der Waals surface area contributed by atoms with Crippen LogP contribution in [0.3, 0.4) is 0 Å². The van der Waals surface area contributed by atoms with Gasteiger partial charge >= 0.3 is 0 Å². The topological polar surface area (TPSA) is 70.6 Å².